The smallest absolute Gasteiger partial charge is 0.408 e. The van der Waals surface area contributed by atoms with E-state index in [9.17, 15) is 38.4 Å². The van der Waals surface area contributed by atoms with Gasteiger partial charge in [-0.15, -0.1) is 0 Å². The van der Waals surface area contributed by atoms with Crippen LogP contribution in [-0.4, -0.2) is 118 Å². The van der Waals surface area contributed by atoms with Crippen LogP contribution in [0.1, 0.15) is 87.8 Å². The van der Waals surface area contributed by atoms with E-state index < -0.39 is 83.0 Å². The molecule has 4 N–H and O–H groups in total. The largest absolute Gasteiger partial charge is 0.445 e. The Morgan fingerprint density at radius 3 is 0.953 bits per heavy atom. The van der Waals surface area contributed by atoms with E-state index in [0.29, 0.717) is 13.2 Å². The minimum Gasteiger partial charge on any atom is -0.445 e. The van der Waals surface area contributed by atoms with Crippen molar-refractivity contribution in [3.63, 3.8) is 0 Å². The Morgan fingerprint density at radius 2 is 0.674 bits per heavy atom. The molecule has 2 fully saturated rings. The first kappa shape index (κ1) is 64.6. The molecule has 0 bridgehead atoms. The van der Waals surface area contributed by atoms with Gasteiger partial charge < -0.3 is 50.0 Å². The van der Waals surface area contributed by atoms with E-state index in [-0.39, 0.29) is 63.8 Å². The van der Waals surface area contributed by atoms with Gasteiger partial charge in [0.1, 0.15) is 37.4 Å². The van der Waals surface area contributed by atoms with E-state index in [4.69, 9.17) is 18.9 Å². The number of carbonyl (C=O) groups excluding carboxylic acids is 8. The Kier molecular flexibility index (Phi) is 23.4. The lowest BCUT2D eigenvalue weighted by molar-refractivity contribution is -0.148. The van der Waals surface area contributed by atoms with E-state index in [1.807, 2.05) is 224 Å². The number of carbonyl (C=O) groups is 8. The number of ketones is 2. The minimum absolute atomic E-state index is 0.00841. The predicted octanol–water partition coefficient (Wildman–Crippen LogP) is 8.39. The number of ether oxygens (including phenoxy) is 4. The van der Waals surface area contributed by atoms with Crippen molar-refractivity contribution in [2.24, 2.45) is 0 Å². The van der Waals surface area contributed by atoms with Gasteiger partial charge in [0.15, 0.2) is 0 Å². The standard InChI is InChI=1S/2C34H39N3O6/c2*1-34(2,3)36-31(39)29-20-27(42-22-25-15-9-5-10-16-25)21-37(29)32(40)30(38)28(19-24-13-7-4-8-14-24)35-33(41)43-23-26-17-11-6-12-18-26/h2*4-18,27-29H,19-23H2,1-3H3,(H,35,41)(H,36,39)/t2*27?,28?,29-/m00/s1. The average Bonchev–Trinajstić information content (AvgIpc) is 2.88. The van der Waals surface area contributed by atoms with E-state index in [0.717, 1.165) is 33.4 Å². The molecule has 0 saturated carbocycles. The summed E-state index contributed by atoms with van der Waals surface area (Å²) >= 11 is 0. The van der Waals surface area contributed by atoms with Crippen LogP contribution < -0.4 is 21.3 Å². The second-order valence-electron chi connectivity index (χ2n) is 23.4. The topological polar surface area (TPSA) is 228 Å². The number of nitrogens with one attached hydrogen (secondary N) is 4. The molecule has 0 aromatic heterocycles. The third kappa shape index (κ3) is 20.7. The third-order valence-electron chi connectivity index (χ3n) is 13.9. The molecule has 2 saturated heterocycles. The molecule has 2 aliphatic rings. The molecule has 0 spiro atoms. The number of likely N-dealkylation sites (tertiary alicyclic amines) is 2. The van der Waals surface area contributed by atoms with Gasteiger partial charge in [-0.25, -0.2) is 9.59 Å². The molecule has 0 radical (unpaired) electrons. The molecule has 4 unspecified atom stereocenters. The van der Waals surface area contributed by atoms with Crippen molar-refractivity contribution in [3.8, 4) is 0 Å². The predicted molar refractivity (Wildman–Crippen MR) is 323 cm³/mol. The lowest BCUT2D eigenvalue weighted by Gasteiger charge is -2.28. The molecule has 2 heterocycles. The summed E-state index contributed by atoms with van der Waals surface area (Å²) < 4.78 is 22.9. The summed E-state index contributed by atoms with van der Waals surface area (Å²) in [6.07, 6.45) is -1.92. The van der Waals surface area contributed by atoms with Crippen LogP contribution in [0.3, 0.4) is 0 Å². The molecular formula is C68H78N6O12. The molecule has 0 aliphatic carbocycles. The molecule has 6 atom stereocenters. The average molecular weight is 1170 g/mol. The molecular weight excluding hydrogens is 1090 g/mol. The maximum atomic E-state index is 13.8. The number of benzene rings is 6. The number of rotatable bonds is 22. The van der Waals surface area contributed by atoms with Gasteiger partial charge in [-0.05, 0) is 74.9 Å². The van der Waals surface area contributed by atoms with Crippen LogP contribution in [0.5, 0.6) is 0 Å². The van der Waals surface area contributed by atoms with E-state index in [2.05, 4.69) is 21.3 Å². The number of hydrogen-bond donors (Lipinski definition) is 4. The fraction of sp³-hybridized carbons (Fsp3) is 0.353. The van der Waals surface area contributed by atoms with E-state index >= 15 is 0 Å². The number of Topliss-reactive ketones (excluding diaryl/α,β-unsaturated/α-hetero) is 2. The lowest BCUT2D eigenvalue weighted by Crippen LogP contribution is -2.55. The van der Waals surface area contributed by atoms with E-state index in [1.54, 1.807) is 0 Å². The summed E-state index contributed by atoms with van der Waals surface area (Å²) in [5.41, 5.74) is 3.91. The number of nitrogens with zero attached hydrogens (tertiary/aromatic N) is 2. The summed E-state index contributed by atoms with van der Waals surface area (Å²) in [5.74, 6) is -4.12. The Hall–Kier alpha value is -9.00. The van der Waals surface area contributed by atoms with Gasteiger partial charge in [-0.2, -0.15) is 0 Å². The summed E-state index contributed by atoms with van der Waals surface area (Å²) in [5, 5.41) is 11.0. The second kappa shape index (κ2) is 31.2. The van der Waals surface area contributed by atoms with Gasteiger partial charge in [-0.1, -0.05) is 182 Å². The summed E-state index contributed by atoms with van der Waals surface area (Å²) in [4.78, 5) is 110. The first-order chi connectivity index (χ1) is 41.2. The van der Waals surface area contributed by atoms with Crippen molar-refractivity contribution < 1.29 is 57.3 Å². The molecule has 86 heavy (non-hydrogen) atoms. The number of alkyl carbamates (subject to hydrolysis) is 2. The van der Waals surface area contributed by atoms with Gasteiger partial charge in [0.2, 0.25) is 23.4 Å². The SMILES string of the molecule is CC(C)(C)NC(=O)[C@@H]1CC(OCc2ccccc2)CN1C(=O)C(=O)C(Cc1ccccc1)NC(=O)OCc1ccccc1.CC(C)(C)NC(=O)[C@@H]1CC(OCc2ccccc2)CN1C(=O)C(=O)C(Cc1ccccc1)NC(=O)OCc1ccccc1. The highest BCUT2D eigenvalue weighted by atomic mass is 16.6. The van der Waals surface area contributed by atoms with Crippen molar-refractivity contribution in [1.82, 2.24) is 31.1 Å². The normalized spacial score (nSPS) is 17.1. The van der Waals surface area contributed by atoms with Crippen LogP contribution in [0, 0.1) is 0 Å². The highest BCUT2D eigenvalue weighted by molar-refractivity contribution is 6.39. The van der Waals surface area contributed by atoms with Crippen molar-refractivity contribution in [2.45, 2.75) is 141 Å². The molecule has 8 rings (SSSR count). The molecule has 6 aromatic carbocycles. The maximum Gasteiger partial charge on any atom is 0.408 e. The summed E-state index contributed by atoms with van der Waals surface area (Å²) in [7, 11) is 0. The molecule has 6 aromatic rings. The van der Waals surface area contributed by atoms with Crippen LogP contribution in [0.4, 0.5) is 9.59 Å². The Balaban J connectivity index is 0.000000246. The Bertz CT molecular complexity index is 2970. The van der Waals surface area contributed by atoms with Crippen LogP contribution in [0.2, 0.25) is 0 Å². The van der Waals surface area contributed by atoms with Crippen LogP contribution >= 0.6 is 0 Å². The Morgan fingerprint density at radius 1 is 0.407 bits per heavy atom. The van der Waals surface area contributed by atoms with Crippen molar-refractivity contribution in [2.75, 3.05) is 13.1 Å². The van der Waals surface area contributed by atoms with Crippen LogP contribution in [0.15, 0.2) is 182 Å². The van der Waals surface area contributed by atoms with Gasteiger partial charge in [0.25, 0.3) is 11.8 Å². The van der Waals surface area contributed by atoms with Gasteiger partial charge in [0, 0.05) is 49.9 Å². The van der Waals surface area contributed by atoms with Gasteiger partial charge >= 0.3 is 12.2 Å². The summed E-state index contributed by atoms with van der Waals surface area (Å²) in [6.45, 7) is 11.9. The van der Waals surface area contributed by atoms with E-state index in [1.165, 1.54) is 9.80 Å². The van der Waals surface area contributed by atoms with Crippen molar-refractivity contribution in [3.05, 3.63) is 215 Å². The molecule has 18 heteroatoms. The highest BCUT2D eigenvalue weighted by Crippen LogP contribution is 2.26. The quantitative estimate of drug-likeness (QED) is 0.0470. The molecule has 6 amide bonds. The maximum absolute atomic E-state index is 13.8. The summed E-state index contributed by atoms with van der Waals surface area (Å²) in [6, 6.07) is 51.4. The third-order valence-corrected chi connectivity index (χ3v) is 13.9. The van der Waals surface area contributed by atoms with Crippen molar-refractivity contribution >= 4 is 47.4 Å². The second-order valence-corrected chi connectivity index (χ2v) is 23.4. The number of hydrogen-bond acceptors (Lipinski definition) is 12. The highest BCUT2D eigenvalue weighted by Gasteiger charge is 2.46. The number of amides is 6. The molecule has 2 aliphatic heterocycles. The van der Waals surface area contributed by atoms with Crippen LogP contribution in [0.25, 0.3) is 0 Å². The van der Waals surface area contributed by atoms with Gasteiger partial charge in [-0.3, -0.25) is 28.8 Å². The first-order valence-electron chi connectivity index (χ1n) is 28.8. The first-order valence-corrected chi connectivity index (χ1v) is 28.8. The minimum atomic E-state index is -1.20. The van der Waals surface area contributed by atoms with Crippen molar-refractivity contribution in [1.29, 1.82) is 0 Å². The van der Waals surface area contributed by atoms with Gasteiger partial charge in [0.05, 0.1) is 25.4 Å². The lowest BCUT2D eigenvalue weighted by atomic mass is 10.0. The zero-order chi connectivity index (χ0) is 61.6. The zero-order valence-electron chi connectivity index (χ0n) is 49.6. The zero-order valence-corrected chi connectivity index (χ0v) is 49.6. The molecule has 452 valence electrons. The monoisotopic (exact) mass is 1170 g/mol. The fourth-order valence-corrected chi connectivity index (χ4v) is 9.78. The Labute approximate surface area is 503 Å². The fourth-order valence-electron chi connectivity index (χ4n) is 9.78. The van der Waals surface area contributed by atoms with Crippen LogP contribution in [-0.2, 0) is 87.0 Å². The molecule has 18 nitrogen and oxygen atoms in total.